The molecule has 1 aromatic carbocycles. The van der Waals surface area contributed by atoms with Crippen LogP contribution in [0.1, 0.15) is 33.3 Å². The molecule has 20 heavy (non-hydrogen) atoms. The number of aryl methyl sites for hydroxylation is 2. The van der Waals surface area contributed by atoms with E-state index in [2.05, 4.69) is 70.6 Å². The highest BCUT2D eigenvalue weighted by molar-refractivity contribution is 6.62. The van der Waals surface area contributed by atoms with Crippen LogP contribution in [0.5, 0.6) is 0 Å². The van der Waals surface area contributed by atoms with Gasteiger partial charge in [0.1, 0.15) is 0 Å². The van der Waals surface area contributed by atoms with Crippen LogP contribution in [0, 0.1) is 6.92 Å². The molecule has 1 aliphatic rings. The smallest absolute Gasteiger partial charge is 0.399 e. The predicted molar refractivity (Wildman–Crippen MR) is 83.4 cm³/mol. The van der Waals surface area contributed by atoms with Crippen LogP contribution >= 0.6 is 0 Å². The van der Waals surface area contributed by atoms with Crippen molar-refractivity contribution < 1.29 is 9.31 Å². The molecule has 0 saturated carbocycles. The number of aromatic nitrogens is 1. The van der Waals surface area contributed by atoms with Gasteiger partial charge in [-0.05, 0) is 51.7 Å². The summed E-state index contributed by atoms with van der Waals surface area (Å²) < 4.78 is 14.4. The molecule has 0 bridgehead atoms. The van der Waals surface area contributed by atoms with E-state index in [1.807, 2.05) is 0 Å². The summed E-state index contributed by atoms with van der Waals surface area (Å²) in [4.78, 5) is 0. The number of benzene rings is 1. The third-order valence-electron chi connectivity index (χ3n) is 4.74. The normalized spacial score (nSPS) is 20.8. The molecule has 106 valence electrons. The maximum Gasteiger partial charge on any atom is 0.494 e. The van der Waals surface area contributed by atoms with E-state index in [4.69, 9.17) is 9.31 Å². The van der Waals surface area contributed by atoms with Crippen LogP contribution in [0.4, 0.5) is 0 Å². The molecular formula is C16H22BNO2. The maximum atomic E-state index is 6.11. The van der Waals surface area contributed by atoms with Gasteiger partial charge in [-0.15, -0.1) is 0 Å². The molecule has 0 amide bonds. The lowest BCUT2D eigenvalue weighted by atomic mass is 9.79. The average molecular weight is 271 g/mol. The standard InChI is InChI=1S/C16H22BNO2/c1-11-10-18(6)14-9-12(7-8-13(11)14)17-19-15(2,3)16(4,5)20-17/h7-10H,1-6H3. The Labute approximate surface area is 121 Å². The first-order chi connectivity index (χ1) is 9.21. The molecule has 0 N–H and O–H groups in total. The highest BCUT2D eigenvalue weighted by atomic mass is 16.7. The fourth-order valence-electron chi connectivity index (χ4n) is 2.73. The molecule has 1 aromatic heterocycles. The van der Waals surface area contributed by atoms with Gasteiger partial charge < -0.3 is 13.9 Å². The Morgan fingerprint density at radius 2 is 1.65 bits per heavy atom. The molecule has 0 atom stereocenters. The molecule has 1 saturated heterocycles. The average Bonchev–Trinajstić information content (AvgIpc) is 2.74. The molecular weight excluding hydrogens is 249 g/mol. The summed E-state index contributed by atoms with van der Waals surface area (Å²) in [5, 5.41) is 1.28. The molecule has 2 aromatic rings. The Balaban J connectivity index is 2.02. The monoisotopic (exact) mass is 271 g/mol. The minimum atomic E-state index is -0.295. The van der Waals surface area contributed by atoms with E-state index >= 15 is 0 Å². The second kappa shape index (κ2) is 4.12. The summed E-state index contributed by atoms with van der Waals surface area (Å²) in [5.74, 6) is 0. The Morgan fingerprint density at radius 1 is 1.05 bits per heavy atom. The molecule has 1 fully saturated rings. The largest absolute Gasteiger partial charge is 0.494 e. The van der Waals surface area contributed by atoms with E-state index < -0.39 is 0 Å². The van der Waals surface area contributed by atoms with E-state index in [-0.39, 0.29) is 18.3 Å². The van der Waals surface area contributed by atoms with Gasteiger partial charge in [0.05, 0.1) is 11.2 Å². The second-order valence-electron chi connectivity index (χ2n) is 6.79. The molecule has 0 unspecified atom stereocenters. The molecule has 0 spiro atoms. The molecule has 2 heterocycles. The van der Waals surface area contributed by atoms with E-state index in [1.165, 1.54) is 16.5 Å². The minimum absolute atomic E-state index is 0.292. The van der Waals surface area contributed by atoms with Crippen LogP contribution in [0.25, 0.3) is 10.9 Å². The molecule has 4 heteroatoms. The second-order valence-corrected chi connectivity index (χ2v) is 6.79. The van der Waals surface area contributed by atoms with Crippen molar-refractivity contribution in [3.63, 3.8) is 0 Å². The van der Waals surface area contributed by atoms with Gasteiger partial charge in [0, 0.05) is 24.1 Å². The van der Waals surface area contributed by atoms with Crippen molar-refractivity contribution in [2.75, 3.05) is 0 Å². The van der Waals surface area contributed by atoms with Gasteiger partial charge >= 0.3 is 7.12 Å². The lowest BCUT2D eigenvalue weighted by molar-refractivity contribution is 0.00578. The summed E-state index contributed by atoms with van der Waals surface area (Å²) in [6.07, 6.45) is 2.15. The van der Waals surface area contributed by atoms with Gasteiger partial charge in [-0.2, -0.15) is 0 Å². The molecule has 0 aliphatic carbocycles. The molecule has 3 nitrogen and oxygen atoms in total. The van der Waals surface area contributed by atoms with Gasteiger partial charge in [-0.1, -0.05) is 12.1 Å². The Hall–Kier alpha value is -1.26. The number of hydrogen-bond donors (Lipinski definition) is 0. The lowest BCUT2D eigenvalue weighted by Gasteiger charge is -2.32. The van der Waals surface area contributed by atoms with E-state index in [9.17, 15) is 0 Å². The zero-order chi connectivity index (χ0) is 14.7. The SMILES string of the molecule is Cc1cn(C)c2cc(B3OC(C)(C)C(C)(C)O3)ccc12. The lowest BCUT2D eigenvalue weighted by Crippen LogP contribution is -2.41. The van der Waals surface area contributed by atoms with Crippen molar-refractivity contribution in [3.8, 4) is 0 Å². The summed E-state index contributed by atoms with van der Waals surface area (Å²) in [6, 6.07) is 6.44. The first-order valence-electron chi connectivity index (χ1n) is 7.12. The Bertz CT molecular complexity index is 656. The van der Waals surface area contributed by atoms with Crippen molar-refractivity contribution in [1.29, 1.82) is 0 Å². The molecule has 1 aliphatic heterocycles. The van der Waals surface area contributed by atoms with Gasteiger partial charge in [0.2, 0.25) is 0 Å². The third kappa shape index (κ3) is 1.90. The van der Waals surface area contributed by atoms with Crippen molar-refractivity contribution in [1.82, 2.24) is 4.57 Å². The van der Waals surface area contributed by atoms with Gasteiger partial charge in [0.25, 0.3) is 0 Å². The van der Waals surface area contributed by atoms with Crippen molar-refractivity contribution in [2.45, 2.75) is 45.8 Å². The highest BCUT2D eigenvalue weighted by Gasteiger charge is 2.51. The molecule has 0 radical (unpaired) electrons. The summed E-state index contributed by atoms with van der Waals surface area (Å²) in [5.41, 5.74) is 3.00. The number of fused-ring (bicyclic) bond motifs is 1. The summed E-state index contributed by atoms with van der Waals surface area (Å²) >= 11 is 0. The van der Waals surface area contributed by atoms with Crippen LogP contribution < -0.4 is 5.46 Å². The van der Waals surface area contributed by atoms with Crippen molar-refractivity contribution in [3.05, 3.63) is 30.0 Å². The maximum absolute atomic E-state index is 6.11. The number of rotatable bonds is 1. The topological polar surface area (TPSA) is 23.4 Å². The minimum Gasteiger partial charge on any atom is -0.399 e. The van der Waals surface area contributed by atoms with Crippen LogP contribution in [0.15, 0.2) is 24.4 Å². The van der Waals surface area contributed by atoms with Crippen molar-refractivity contribution >= 4 is 23.5 Å². The number of nitrogens with zero attached hydrogens (tertiary/aromatic N) is 1. The van der Waals surface area contributed by atoms with Gasteiger partial charge in [-0.25, -0.2) is 0 Å². The van der Waals surface area contributed by atoms with E-state index in [1.54, 1.807) is 0 Å². The van der Waals surface area contributed by atoms with Crippen molar-refractivity contribution in [2.24, 2.45) is 7.05 Å². The van der Waals surface area contributed by atoms with Gasteiger partial charge in [-0.3, -0.25) is 0 Å². The fourth-order valence-corrected chi connectivity index (χ4v) is 2.73. The summed E-state index contributed by atoms with van der Waals surface area (Å²) in [7, 11) is 1.78. The van der Waals surface area contributed by atoms with Crippen LogP contribution in [-0.4, -0.2) is 22.9 Å². The summed E-state index contributed by atoms with van der Waals surface area (Å²) in [6.45, 7) is 10.5. The van der Waals surface area contributed by atoms with E-state index in [0.717, 1.165) is 5.46 Å². The fraction of sp³-hybridized carbons (Fsp3) is 0.500. The third-order valence-corrected chi connectivity index (χ3v) is 4.74. The first-order valence-corrected chi connectivity index (χ1v) is 7.12. The Kier molecular flexibility index (Phi) is 2.83. The predicted octanol–water partition coefficient (Wildman–Crippen LogP) is 2.79. The van der Waals surface area contributed by atoms with Crippen LogP contribution in [0.2, 0.25) is 0 Å². The number of hydrogen-bond acceptors (Lipinski definition) is 2. The first kappa shape index (κ1) is 13.7. The Morgan fingerprint density at radius 3 is 2.25 bits per heavy atom. The van der Waals surface area contributed by atoms with Crippen LogP contribution in [-0.2, 0) is 16.4 Å². The van der Waals surface area contributed by atoms with E-state index in [0.29, 0.717) is 0 Å². The zero-order valence-corrected chi connectivity index (χ0v) is 13.2. The quantitative estimate of drug-likeness (QED) is 0.744. The zero-order valence-electron chi connectivity index (χ0n) is 13.2. The molecule has 3 rings (SSSR count). The van der Waals surface area contributed by atoms with Gasteiger partial charge in [0.15, 0.2) is 0 Å². The van der Waals surface area contributed by atoms with Crippen LogP contribution in [0.3, 0.4) is 0 Å². The highest BCUT2D eigenvalue weighted by Crippen LogP contribution is 2.36.